The van der Waals surface area contributed by atoms with E-state index < -0.39 is 0 Å². The second kappa shape index (κ2) is 6.70. The number of rotatable bonds is 5. The average Bonchev–Trinajstić information content (AvgIpc) is 3.23. The highest BCUT2D eigenvalue weighted by Gasteiger charge is 2.24. The van der Waals surface area contributed by atoms with Gasteiger partial charge in [0.2, 0.25) is 11.8 Å². The van der Waals surface area contributed by atoms with E-state index in [-0.39, 0.29) is 5.91 Å². The van der Waals surface area contributed by atoms with Crippen LogP contribution < -0.4 is 0 Å². The molecular formula is C19H22N4O2. The number of aryl methyl sites for hydroxylation is 2. The third kappa shape index (κ3) is 3.16. The van der Waals surface area contributed by atoms with Gasteiger partial charge in [0, 0.05) is 60.9 Å². The first-order valence-electron chi connectivity index (χ1n) is 8.92. The van der Waals surface area contributed by atoms with E-state index in [1.165, 1.54) is 16.6 Å². The first kappa shape index (κ1) is 15.9. The van der Waals surface area contributed by atoms with Gasteiger partial charge >= 0.3 is 0 Å². The lowest BCUT2D eigenvalue weighted by atomic mass is 10.0. The molecule has 0 atom stereocenters. The van der Waals surface area contributed by atoms with Gasteiger partial charge in [0.25, 0.3) is 0 Å². The molecule has 3 heterocycles. The third-order valence-corrected chi connectivity index (χ3v) is 4.77. The van der Waals surface area contributed by atoms with Crippen molar-refractivity contribution in [3.8, 4) is 0 Å². The van der Waals surface area contributed by atoms with Crippen molar-refractivity contribution in [1.29, 1.82) is 0 Å². The molecule has 0 saturated heterocycles. The van der Waals surface area contributed by atoms with E-state index in [0.717, 1.165) is 37.1 Å². The van der Waals surface area contributed by atoms with Crippen LogP contribution in [0.15, 0.2) is 28.8 Å². The summed E-state index contributed by atoms with van der Waals surface area (Å²) in [5.74, 6) is 1.43. The largest absolute Gasteiger partial charge is 0.358 e. The summed E-state index contributed by atoms with van der Waals surface area (Å²) in [5, 5.41) is 5.16. The summed E-state index contributed by atoms with van der Waals surface area (Å²) in [7, 11) is 0. The highest BCUT2D eigenvalue weighted by Crippen LogP contribution is 2.27. The molecule has 0 unspecified atom stereocenters. The molecule has 25 heavy (non-hydrogen) atoms. The predicted octanol–water partition coefficient (Wildman–Crippen LogP) is 3.02. The third-order valence-electron chi connectivity index (χ3n) is 4.77. The maximum atomic E-state index is 12.6. The lowest BCUT2D eigenvalue weighted by molar-refractivity contribution is -0.132. The molecule has 130 valence electrons. The monoisotopic (exact) mass is 338 g/mol. The second-order valence-electron chi connectivity index (χ2n) is 6.55. The van der Waals surface area contributed by atoms with Gasteiger partial charge in [-0.2, -0.15) is 4.98 Å². The summed E-state index contributed by atoms with van der Waals surface area (Å²) < 4.78 is 5.22. The molecule has 0 radical (unpaired) electrons. The van der Waals surface area contributed by atoms with Crippen molar-refractivity contribution in [3.63, 3.8) is 0 Å². The van der Waals surface area contributed by atoms with Crippen LogP contribution in [0.5, 0.6) is 0 Å². The summed E-state index contributed by atoms with van der Waals surface area (Å²) >= 11 is 0. The van der Waals surface area contributed by atoms with E-state index >= 15 is 0 Å². The number of carbonyl (C=O) groups is 1. The molecule has 0 fully saturated rings. The van der Waals surface area contributed by atoms with Gasteiger partial charge in [-0.3, -0.25) is 4.79 Å². The zero-order valence-corrected chi connectivity index (χ0v) is 14.4. The average molecular weight is 338 g/mol. The minimum atomic E-state index is 0.145. The second-order valence-corrected chi connectivity index (χ2v) is 6.55. The first-order valence-corrected chi connectivity index (χ1v) is 8.92. The molecule has 0 aliphatic carbocycles. The highest BCUT2D eigenvalue weighted by atomic mass is 16.5. The van der Waals surface area contributed by atoms with Crippen LogP contribution in [0.4, 0.5) is 0 Å². The van der Waals surface area contributed by atoms with E-state index in [9.17, 15) is 4.79 Å². The summed E-state index contributed by atoms with van der Waals surface area (Å²) in [6.07, 6.45) is 3.58. The maximum absolute atomic E-state index is 12.6. The van der Waals surface area contributed by atoms with E-state index in [1.807, 2.05) is 17.0 Å². The Kier molecular flexibility index (Phi) is 4.26. The number of H-pyrrole nitrogens is 1. The van der Waals surface area contributed by atoms with E-state index in [1.54, 1.807) is 0 Å². The lowest BCUT2D eigenvalue weighted by Crippen LogP contribution is -2.35. The molecule has 6 heteroatoms. The van der Waals surface area contributed by atoms with Crippen LogP contribution in [0.1, 0.15) is 42.7 Å². The number of hydrogen-bond donors (Lipinski definition) is 1. The zero-order chi connectivity index (χ0) is 17.2. The van der Waals surface area contributed by atoms with Gasteiger partial charge in [-0.15, -0.1) is 0 Å². The number of para-hydroxylation sites is 1. The number of hydrogen-bond acceptors (Lipinski definition) is 4. The number of fused-ring (bicyclic) bond motifs is 3. The number of nitrogens with zero attached hydrogens (tertiary/aromatic N) is 3. The molecule has 4 rings (SSSR count). The van der Waals surface area contributed by atoms with Crippen molar-refractivity contribution in [1.82, 2.24) is 20.0 Å². The molecule has 1 amide bonds. The SMILES string of the molecule is CCCc1noc(CCC(=O)N2CCc3[nH]c4ccccc4c3C2)n1. The minimum absolute atomic E-state index is 0.145. The molecule has 1 N–H and O–H groups in total. The van der Waals surface area contributed by atoms with E-state index in [0.29, 0.717) is 25.3 Å². The van der Waals surface area contributed by atoms with Crippen molar-refractivity contribution in [3.05, 3.63) is 47.2 Å². The van der Waals surface area contributed by atoms with E-state index in [2.05, 4.69) is 34.2 Å². The van der Waals surface area contributed by atoms with Crippen molar-refractivity contribution in [2.75, 3.05) is 6.54 Å². The van der Waals surface area contributed by atoms with Crippen LogP contribution in [0, 0.1) is 0 Å². The van der Waals surface area contributed by atoms with Crippen molar-refractivity contribution >= 4 is 16.8 Å². The predicted molar refractivity (Wildman–Crippen MR) is 94.0 cm³/mol. The van der Waals surface area contributed by atoms with Gasteiger partial charge in [-0.25, -0.2) is 0 Å². The Morgan fingerprint density at radius 2 is 2.20 bits per heavy atom. The molecular weight excluding hydrogens is 316 g/mol. The van der Waals surface area contributed by atoms with Crippen LogP contribution >= 0.6 is 0 Å². The standard InChI is InChI=1S/C19H22N4O2/c1-2-5-17-21-18(25-22-17)8-9-19(24)23-11-10-16-14(12-23)13-6-3-4-7-15(13)20-16/h3-4,6-7,20H,2,5,8-12H2,1H3. The van der Waals surface area contributed by atoms with Gasteiger partial charge in [0.15, 0.2) is 5.82 Å². The lowest BCUT2D eigenvalue weighted by Gasteiger charge is -2.27. The van der Waals surface area contributed by atoms with Crippen LogP contribution in [0.2, 0.25) is 0 Å². The van der Waals surface area contributed by atoms with Gasteiger partial charge in [-0.05, 0) is 12.5 Å². The van der Waals surface area contributed by atoms with Gasteiger partial charge < -0.3 is 14.4 Å². The Morgan fingerprint density at radius 3 is 3.08 bits per heavy atom. The Hall–Kier alpha value is -2.63. The van der Waals surface area contributed by atoms with Crippen molar-refractivity contribution in [2.24, 2.45) is 0 Å². The Balaban J connectivity index is 1.41. The molecule has 0 saturated carbocycles. The summed E-state index contributed by atoms with van der Waals surface area (Å²) in [6, 6.07) is 8.28. The van der Waals surface area contributed by atoms with E-state index in [4.69, 9.17) is 4.52 Å². The van der Waals surface area contributed by atoms with Crippen LogP contribution in [-0.2, 0) is 30.6 Å². The van der Waals surface area contributed by atoms with Crippen LogP contribution in [-0.4, -0.2) is 32.5 Å². The molecule has 6 nitrogen and oxygen atoms in total. The fourth-order valence-electron chi connectivity index (χ4n) is 3.47. The van der Waals surface area contributed by atoms with Gasteiger partial charge in [0.1, 0.15) is 0 Å². The normalized spacial score (nSPS) is 14.0. The number of benzene rings is 1. The summed E-state index contributed by atoms with van der Waals surface area (Å²) in [4.78, 5) is 22.3. The minimum Gasteiger partial charge on any atom is -0.358 e. The number of aromatic amines is 1. The zero-order valence-electron chi connectivity index (χ0n) is 14.4. The summed E-state index contributed by atoms with van der Waals surface area (Å²) in [6.45, 7) is 3.50. The summed E-state index contributed by atoms with van der Waals surface area (Å²) in [5.41, 5.74) is 3.65. The number of nitrogens with one attached hydrogen (secondary N) is 1. The molecule has 3 aromatic rings. The highest BCUT2D eigenvalue weighted by molar-refractivity contribution is 5.86. The van der Waals surface area contributed by atoms with Crippen LogP contribution in [0.25, 0.3) is 10.9 Å². The number of aromatic nitrogens is 3. The number of amides is 1. The quantitative estimate of drug-likeness (QED) is 0.776. The Morgan fingerprint density at radius 1 is 1.32 bits per heavy atom. The Labute approximate surface area is 146 Å². The van der Waals surface area contributed by atoms with Gasteiger partial charge in [0.05, 0.1) is 0 Å². The molecule has 1 aliphatic heterocycles. The molecule has 0 bridgehead atoms. The van der Waals surface area contributed by atoms with Crippen LogP contribution in [0.3, 0.4) is 0 Å². The fourth-order valence-corrected chi connectivity index (χ4v) is 3.47. The number of carbonyl (C=O) groups excluding carboxylic acids is 1. The maximum Gasteiger partial charge on any atom is 0.227 e. The smallest absolute Gasteiger partial charge is 0.227 e. The molecule has 1 aliphatic rings. The van der Waals surface area contributed by atoms with Crippen molar-refractivity contribution in [2.45, 2.75) is 45.6 Å². The topological polar surface area (TPSA) is 75.0 Å². The fraction of sp³-hybridized carbons (Fsp3) is 0.421. The molecule has 1 aromatic carbocycles. The first-order chi connectivity index (χ1) is 12.2. The Bertz CT molecular complexity index is 896. The molecule has 2 aromatic heterocycles. The van der Waals surface area contributed by atoms with Crippen molar-refractivity contribution < 1.29 is 9.32 Å². The van der Waals surface area contributed by atoms with Gasteiger partial charge in [-0.1, -0.05) is 30.3 Å². The molecule has 0 spiro atoms.